The Morgan fingerprint density at radius 2 is 1.81 bits per heavy atom. The highest BCUT2D eigenvalue weighted by atomic mass is 16.1. The van der Waals surface area contributed by atoms with Crippen LogP contribution >= 0.6 is 0 Å². The lowest BCUT2D eigenvalue weighted by Crippen LogP contribution is -2.25. The number of carbonyl (C=O) groups is 1. The number of hydrogen-bond acceptors (Lipinski definition) is 3. The van der Waals surface area contributed by atoms with E-state index >= 15 is 0 Å². The molecule has 0 aliphatic carbocycles. The molecule has 0 radical (unpaired) electrons. The Bertz CT molecular complexity index is 407. The molecule has 1 aromatic heterocycles. The van der Waals surface area contributed by atoms with Crippen molar-refractivity contribution in [2.75, 3.05) is 18.4 Å². The van der Waals surface area contributed by atoms with Gasteiger partial charge in [-0.25, -0.2) is 0 Å². The van der Waals surface area contributed by atoms with Gasteiger partial charge in [0.25, 0.3) is 5.91 Å². The van der Waals surface area contributed by atoms with Crippen molar-refractivity contribution in [2.24, 2.45) is 0 Å². The van der Waals surface area contributed by atoms with Crippen molar-refractivity contribution in [3.63, 3.8) is 0 Å². The summed E-state index contributed by atoms with van der Waals surface area (Å²) in [6.45, 7) is 5.97. The SMILES string of the molecule is CCCCCCCCNC(=O)c1cc(NCCC)ccn1. The third kappa shape index (κ3) is 7.69. The predicted molar refractivity (Wildman–Crippen MR) is 88.7 cm³/mol. The van der Waals surface area contributed by atoms with Crippen LogP contribution in [-0.4, -0.2) is 24.0 Å². The van der Waals surface area contributed by atoms with Gasteiger partial charge >= 0.3 is 0 Å². The molecule has 0 unspecified atom stereocenters. The first-order valence-corrected chi connectivity index (χ1v) is 8.26. The van der Waals surface area contributed by atoms with Crippen LogP contribution in [0.5, 0.6) is 0 Å². The summed E-state index contributed by atoms with van der Waals surface area (Å²) in [5, 5.41) is 6.21. The minimum absolute atomic E-state index is 0.0799. The van der Waals surface area contributed by atoms with E-state index in [0.29, 0.717) is 5.69 Å². The van der Waals surface area contributed by atoms with Crippen LogP contribution < -0.4 is 10.6 Å². The number of hydrogen-bond donors (Lipinski definition) is 2. The summed E-state index contributed by atoms with van der Waals surface area (Å²) in [4.78, 5) is 16.1. The summed E-state index contributed by atoms with van der Waals surface area (Å²) in [6, 6.07) is 3.70. The van der Waals surface area contributed by atoms with Crippen molar-refractivity contribution in [3.8, 4) is 0 Å². The van der Waals surface area contributed by atoms with Crippen LogP contribution in [0.4, 0.5) is 5.69 Å². The van der Waals surface area contributed by atoms with Crippen LogP contribution in [-0.2, 0) is 0 Å². The molecule has 2 N–H and O–H groups in total. The Morgan fingerprint density at radius 3 is 2.57 bits per heavy atom. The van der Waals surface area contributed by atoms with Gasteiger partial charge in [-0.2, -0.15) is 0 Å². The lowest BCUT2D eigenvalue weighted by molar-refractivity contribution is 0.0948. The fourth-order valence-electron chi connectivity index (χ4n) is 2.13. The van der Waals surface area contributed by atoms with E-state index in [1.54, 1.807) is 6.20 Å². The Hall–Kier alpha value is -1.58. The van der Waals surface area contributed by atoms with E-state index in [1.165, 1.54) is 32.1 Å². The normalized spacial score (nSPS) is 10.4. The van der Waals surface area contributed by atoms with Crippen molar-refractivity contribution in [1.29, 1.82) is 0 Å². The first-order valence-electron chi connectivity index (χ1n) is 8.26. The molecule has 1 heterocycles. The van der Waals surface area contributed by atoms with Gasteiger partial charge in [-0.15, -0.1) is 0 Å². The number of anilines is 1. The van der Waals surface area contributed by atoms with Crippen molar-refractivity contribution < 1.29 is 4.79 Å². The number of nitrogens with zero attached hydrogens (tertiary/aromatic N) is 1. The minimum Gasteiger partial charge on any atom is -0.385 e. The molecule has 0 bridgehead atoms. The molecule has 0 fully saturated rings. The molecule has 1 rings (SSSR count). The summed E-state index contributed by atoms with van der Waals surface area (Å²) < 4.78 is 0. The van der Waals surface area contributed by atoms with Crippen LogP contribution in [0.25, 0.3) is 0 Å². The number of rotatable bonds is 11. The fourth-order valence-corrected chi connectivity index (χ4v) is 2.13. The van der Waals surface area contributed by atoms with E-state index in [9.17, 15) is 4.79 Å². The largest absolute Gasteiger partial charge is 0.385 e. The summed E-state index contributed by atoms with van der Waals surface area (Å²) in [5.41, 5.74) is 1.44. The fraction of sp³-hybridized carbons (Fsp3) is 0.647. The van der Waals surface area contributed by atoms with Crippen LogP contribution in [0.1, 0.15) is 69.3 Å². The zero-order valence-electron chi connectivity index (χ0n) is 13.5. The van der Waals surface area contributed by atoms with Crippen molar-refractivity contribution in [3.05, 3.63) is 24.0 Å². The van der Waals surface area contributed by atoms with Crippen molar-refractivity contribution >= 4 is 11.6 Å². The maximum absolute atomic E-state index is 12.0. The molecule has 4 nitrogen and oxygen atoms in total. The standard InChI is InChI=1S/C17H29N3O/c1-3-5-6-7-8-9-12-20-17(21)16-14-15(10-13-19-16)18-11-4-2/h10,13-14H,3-9,11-12H2,1-2H3,(H,18,19)(H,20,21). The van der Waals surface area contributed by atoms with E-state index in [0.717, 1.165) is 31.6 Å². The van der Waals surface area contributed by atoms with Gasteiger partial charge in [0.2, 0.25) is 0 Å². The molecule has 0 aromatic carbocycles. The third-order valence-corrected chi connectivity index (χ3v) is 3.39. The Morgan fingerprint density at radius 1 is 1.05 bits per heavy atom. The third-order valence-electron chi connectivity index (χ3n) is 3.39. The van der Waals surface area contributed by atoms with Crippen molar-refractivity contribution in [1.82, 2.24) is 10.3 Å². The van der Waals surface area contributed by atoms with Gasteiger partial charge in [0, 0.05) is 25.0 Å². The highest BCUT2D eigenvalue weighted by Crippen LogP contribution is 2.08. The lowest BCUT2D eigenvalue weighted by atomic mass is 10.1. The summed E-state index contributed by atoms with van der Waals surface area (Å²) in [7, 11) is 0. The van der Waals surface area contributed by atoms with E-state index in [1.807, 2.05) is 12.1 Å². The lowest BCUT2D eigenvalue weighted by Gasteiger charge is -2.07. The highest BCUT2D eigenvalue weighted by molar-refractivity contribution is 5.93. The molecule has 118 valence electrons. The van der Waals surface area contributed by atoms with Crippen LogP contribution in [0.15, 0.2) is 18.3 Å². The quantitative estimate of drug-likeness (QED) is 0.606. The number of carbonyl (C=O) groups excluding carboxylic acids is 1. The first kappa shape index (κ1) is 17.5. The molecular weight excluding hydrogens is 262 g/mol. The molecule has 0 saturated carbocycles. The molecule has 4 heteroatoms. The second kappa shape index (κ2) is 11.1. The molecule has 21 heavy (non-hydrogen) atoms. The van der Waals surface area contributed by atoms with Gasteiger partial charge < -0.3 is 10.6 Å². The molecule has 0 spiro atoms. The maximum Gasteiger partial charge on any atom is 0.269 e. The van der Waals surface area contributed by atoms with Gasteiger partial charge in [-0.1, -0.05) is 46.0 Å². The predicted octanol–water partition coefficient (Wildman–Crippen LogP) is 3.99. The summed E-state index contributed by atoms with van der Waals surface area (Å²) in [5.74, 6) is -0.0799. The van der Waals surface area contributed by atoms with E-state index in [-0.39, 0.29) is 5.91 Å². The number of pyridine rings is 1. The zero-order chi connectivity index (χ0) is 15.3. The second-order valence-corrected chi connectivity index (χ2v) is 5.38. The highest BCUT2D eigenvalue weighted by Gasteiger charge is 2.06. The van der Waals surface area contributed by atoms with Crippen LogP contribution in [0.3, 0.4) is 0 Å². The summed E-state index contributed by atoms with van der Waals surface area (Å²) in [6.07, 6.45) is 10.1. The Labute approximate surface area is 128 Å². The molecule has 0 saturated heterocycles. The minimum atomic E-state index is -0.0799. The van der Waals surface area contributed by atoms with Crippen molar-refractivity contribution in [2.45, 2.75) is 58.8 Å². The topological polar surface area (TPSA) is 54.0 Å². The smallest absolute Gasteiger partial charge is 0.269 e. The molecule has 0 aliphatic rings. The number of nitrogens with one attached hydrogen (secondary N) is 2. The molecule has 1 amide bonds. The van der Waals surface area contributed by atoms with Gasteiger partial charge in [-0.3, -0.25) is 9.78 Å². The molecule has 0 atom stereocenters. The first-order chi connectivity index (χ1) is 10.3. The zero-order valence-corrected chi connectivity index (χ0v) is 13.5. The number of aromatic nitrogens is 1. The monoisotopic (exact) mass is 291 g/mol. The van der Waals surface area contributed by atoms with Gasteiger partial charge in [0.15, 0.2) is 0 Å². The van der Waals surface area contributed by atoms with Gasteiger partial charge in [-0.05, 0) is 25.0 Å². The van der Waals surface area contributed by atoms with Crippen LogP contribution in [0.2, 0.25) is 0 Å². The number of unbranched alkanes of at least 4 members (excludes halogenated alkanes) is 5. The Balaban J connectivity index is 2.25. The molecule has 0 aliphatic heterocycles. The molecule has 1 aromatic rings. The average molecular weight is 291 g/mol. The van der Waals surface area contributed by atoms with E-state index in [2.05, 4.69) is 29.5 Å². The van der Waals surface area contributed by atoms with Gasteiger partial charge in [0.1, 0.15) is 5.69 Å². The van der Waals surface area contributed by atoms with Gasteiger partial charge in [0.05, 0.1) is 0 Å². The second-order valence-electron chi connectivity index (χ2n) is 5.38. The maximum atomic E-state index is 12.0. The molecular formula is C17H29N3O. The summed E-state index contributed by atoms with van der Waals surface area (Å²) >= 11 is 0. The van der Waals surface area contributed by atoms with E-state index < -0.39 is 0 Å². The van der Waals surface area contributed by atoms with Crippen LogP contribution in [0, 0.1) is 0 Å². The number of amides is 1. The average Bonchev–Trinajstić information content (AvgIpc) is 2.52. The van der Waals surface area contributed by atoms with E-state index in [4.69, 9.17) is 0 Å². The Kier molecular flexibility index (Phi) is 9.25.